The summed E-state index contributed by atoms with van der Waals surface area (Å²) < 4.78 is 5.21. The zero-order valence-electron chi connectivity index (χ0n) is 12.2. The Morgan fingerprint density at radius 3 is 2.48 bits per heavy atom. The maximum atomic E-state index is 11.4. The van der Waals surface area contributed by atoms with E-state index in [0.29, 0.717) is 24.5 Å². The molecule has 0 unspecified atom stereocenters. The lowest BCUT2D eigenvalue weighted by molar-refractivity contribution is 0.0697. The van der Waals surface area contributed by atoms with Crippen molar-refractivity contribution in [3.05, 3.63) is 59.7 Å². The number of hydrogen-bond donors (Lipinski definition) is 1. The Morgan fingerprint density at radius 2 is 1.90 bits per heavy atom. The minimum absolute atomic E-state index is 0.286. The summed E-state index contributed by atoms with van der Waals surface area (Å²) in [5.74, 6) is -0.277. The molecule has 0 fully saturated rings. The maximum absolute atomic E-state index is 11.4. The largest absolute Gasteiger partial charge is 0.497 e. The second kappa shape index (κ2) is 6.79. The molecular formula is C17H19NO3. The van der Waals surface area contributed by atoms with Crippen LogP contribution >= 0.6 is 0 Å². The van der Waals surface area contributed by atoms with Gasteiger partial charge in [-0.05, 0) is 24.6 Å². The number of ether oxygens (including phenoxy) is 1. The Balaban J connectivity index is 2.38. The minimum atomic E-state index is -0.931. The summed E-state index contributed by atoms with van der Waals surface area (Å²) in [6.45, 7) is 3.38. The number of carboxylic acids is 1. The molecule has 21 heavy (non-hydrogen) atoms. The van der Waals surface area contributed by atoms with Crippen LogP contribution in [0.15, 0.2) is 48.5 Å². The van der Waals surface area contributed by atoms with E-state index in [1.165, 1.54) is 0 Å². The molecule has 0 aromatic heterocycles. The van der Waals surface area contributed by atoms with E-state index in [9.17, 15) is 9.90 Å². The van der Waals surface area contributed by atoms with E-state index >= 15 is 0 Å². The Kier molecular flexibility index (Phi) is 4.82. The zero-order valence-corrected chi connectivity index (χ0v) is 12.2. The Morgan fingerprint density at radius 1 is 1.19 bits per heavy atom. The molecular weight excluding hydrogens is 266 g/mol. The fourth-order valence-corrected chi connectivity index (χ4v) is 2.25. The van der Waals surface area contributed by atoms with E-state index in [0.717, 1.165) is 5.56 Å². The Bertz CT molecular complexity index is 611. The highest BCUT2D eigenvalue weighted by Crippen LogP contribution is 2.27. The molecule has 2 rings (SSSR count). The van der Waals surface area contributed by atoms with Crippen LogP contribution in [0.2, 0.25) is 0 Å². The van der Waals surface area contributed by atoms with Crippen molar-refractivity contribution >= 4 is 11.7 Å². The molecule has 0 radical (unpaired) electrons. The summed E-state index contributed by atoms with van der Waals surface area (Å²) in [4.78, 5) is 13.5. The normalized spacial score (nSPS) is 10.2. The number of benzene rings is 2. The first kappa shape index (κ1) is 14.9. The number of nitrogens with zero attached hydrogens (tertiary/aromatic N) is 1. The summed E-state index contributed by atoms with van der Waals surface area (Å²) in [6.07, 6.45) is 0. The van der Waals surface area contributed by atoms with Crippen LogP contribution in [0.3, 0.4) is 0 Å². The molecule has 0 saturated heterocycles. The Labute approximate surface area is 124 Å². The van der Waals surface area contributed by atoms with E-state index in [4.69, 9.17) is 4.74 Å². The highest BCUT2D eigenvalue weighted by Gasteiger charge is 2.16. The lowest BCUT2D eigenvalue weighted by atomic mass is 10.1. The van der Waals surface area contributed by atoms with Gasteiger partial charge in [0.1, 0.15) is 5.75 Å². The van der Waals surface area contributed by atoms with Crippen molar-refractivity contribution in [3.63, 3.8) is 0 Å². The van der Waals surface area contributed by atoms with Gasteiger partial charge in [-0.25, -0.2) is 4.79 Å². The first-order chi connectivity index (χ1) is 10.2. The van der Waals surface area contributed by atoms with Crippen LogP contribution in [0.1, 0.15) is 22.8 Å². The van der Waals surface area contributed by atoms with Gasteiger partial charge in [0, 0.05) is 19.2 Å². The Hall–Kier alpha value is -2.49. The highest BCUT2D eigenvalue weighted by molar-refractivity contribution is 5.94. The summed E-state index contributed by atoms with van der Waals surface area (Å²) >= 11 is 0. The van der Waals surface area contributed by atoms with E-state index < -0.39 is 5.97 Å². The minimum Gasteiger partial charge on any atom is -0.497 e. The van der Waals surface area contributed by atoms with Gasteiger partial charge in [0.15, 0.2) is 0 Å². The number of aromatic carboxylic acids is 1. The fourth-order valence-electron chi connectivity index (χ4n) is 2.25. The number of anilines is 1. The number of rotatable bonds is 6. The molecule has 4 heteroatoms. The monoisotopic (exact) mass is 285 g/mol. The second-order valence-electron chi connectivity index (χ2n) is 4.69. The van der Waals surface area contributed by atoms with Crippen molar-refractivity contribution in [2.45, 2.75) is 13.5 Å². The first-order valence-electron chi connectivity index (χ1n) is 6.86. The third kappa shape index (κ3) is 3.54. The van der Waals surface area contributed by atoms with Gasteiger partial charge < -0.3 is 14.7 Å². The molecule has 0 heterocycles. The third-order valence-corrected chi connectivity index (χ3v) is 3.37. The molecule has 0 aliphatic rings. The van der Waals surface area contributed by atoms with Crippen molar-refractivity contribution in [2.75, 3.05) is 18.6 Å². The van der Waals surface area contributed by atoms with Gasteiger partial charge in [-0.15, -0.1) is 0 Å². The summed E-state index contributed by atoms with van der Waals surface area (Å²) in [5.41, 5.74) is 2.10. The lowest BCUT2D eigenvalue weighted by Crippen LogP contribution is -2.24. The van der Waals surface area contributed by atoms with Gasteiger partial charge in [-0.3, -0.25) is 0 Å². The smallest absolute Gasteiger partial charge is 0.337 e. The van der Waals surface area contributed by atoms with Crippen molar-refractivity contribution < 1.29 is 14.6 Å². The molecule has 0 atom stereocenters. The second-order valence-corrected chi connectivity index (χ2v) is 4.69. The maximum Gasteiger partial charge on any atom is 0.337 e. The third-order valence-electron chi connectivity index (χ3n) is 3.37. The molecule has 4 nitrogen and oxygen atoms in total. The molecule has 1 N–H and O–H groups in total. The van der Waals surface area contributed by atoms with Gasteiger partial charge >= 0.3 is 5.97 Å². The van der Waals surface area contributed by atoms with Crippen LogP contribution in [-0.2, 0) is 6.54 Å². The van der Waals surface area contributed by atoms with E-state index in [1.807, 2.05) is 42.2 Å². The van der Waals surface area contributed by atoms with Crippen molar-refractivity contribution in [2.24, 2.45) is 0 Å². The van der Waals surface area contributed by atoms with Gasteiger partial charge in [0.05, 0.1) is 18.4 Å². The van der Waals surface area contributed by atoms with Crippen LogP contribution in [0.25, 0.3) is 0 Å². The molecule has 0 saturated carbocycles. The van der Waals surface area contributed by atoms with Crippen LogP contribution in [-0.4, -0.2) is 24.7 Å². The summed E-state index contributed by atoms with van der Waals surface area (Å²) in [5, 5.41) is 9.37. The average molecular weight is 285 g/mol. The topological polar surface area (TPSA) is 49.8 Å². The predicted molar refractivity (Wildman–Crippen MR) is 83.1 cm³/mol. The number of carbonyl (C=O) groups is 1. The van der Waals surface area contributed by atoms with Crippen LogP contribution in [0.5, 0.6) is 5.75 Å². The van der Waals surface area contributed by atoms with E-state index in [2.05, 4.69) is 0 Å². The number of methoxy groups -OCH3 is 1. The van der Waals surface area contributed by atoms with Crippen molar-refractivity contribution in [1.29, 1.82) is 0 Å². The molecule has 0 spiro atoms. The van der Waals surface area contributed by atoms with Crippen molar-refractivity contribution in [1.82, 2.24) is 0 Å². The number of carboxylic acid groups (broad SMARTS) is 1. The van der Waals surface area contributed by atoms with Crippen molar-refractivity contribution in [3.8, 4) is 5.75 Å². The van der Waals surface area contributed by atoms with Gasteiger partial charge in [-0.2, -0.15) is 0 Å². The van der Waals surface area contributed by atoms with Crippen LogP contribution in [0.4, 0.5) is 5.69 Å². The highest BCUT2D eigenvalue weighted by atomic mass is 16.5. The summed E-state index contributed by atoms with van der Waals surface area (Å²) in [6, 6.07) is 15.0. The lowest BCUT2D eigenvalue weighted by Gasteiger charge is -2.25. The first-order valence-corrected chi connectivity index (χ1v) is 6.86. The molecule has 0 amide bonds. The molecule has 2 aromatic rings. The molecule has 2 aromatic carbocycles. The van der Waals surface area contributed by atoms with E-state index in [1.54, 1.807) is 25.3 Å². The van der Waals surface area contributed by atoms with Crippen LogP contribution in [0, 0.1) is 0 Å². The number of hydrogen-bond acceptors (Lipinski definition) is 3. The summed E-state index contributed by atoms with van der Waals surface area (Å²) in [7, 11) is 1.58. The van der Waals surface area contributed by atoms with E-state index in [-0.39, 0.29) is 5.56 Å². The molecule has 0 bridgehead atoms. The molecule has 0 aliphatic heterocycles. The predicted octanol–water partition coefficient (Wildman–Crippen LogP) is 3.42. The average Bonchev–Trinajstić information content (AvgIpc) is 2.52. The van der Waals surface area contributed by atoms with Crippen LogP contribution < -0.4 is 9.64 Å². The van der Waals surface area contributed by atoms with Gasteiger partial charge in [-0.1, -0.05) is 30.3 Å². The fraction of sp³-hybridized carbons (Fsp3) is 0.235. The molecule has 110 valence electrons. The quantitative estimate of drug-likeness (QED) is 0.883. The van der Waals surface area contributed by atoms with Gasteiger partial charge in [0.2, 0.25) is 0 Å². The standard InChI is InChI=1S/C17H19NO3/c1-3-18(12-13-7-5-4-6-8-13)16-11-14(21-2)9-10-15(16)17(19)20/h4-11H,3,12H2,1-2H3,(H,19,20). The zero-order chi connectivity index (χ0) is 15.2. The SMILES string of the molecule is CCN(Cc1ccccc1)c1cc(OC)ccc1C(=O)O. The van der Waals surface area contributed by atoms with Gasteiger partial charge in [0.25, 0.3) is 0 Å². The molecule has 0 aliphatic carbocycles.